The van der Waals surface area contributed by atoms with Crippen molar-refractivity contribution in [2.75, 3.05) is 10.7 Å². The van der Waals surface area contributed by atoms with Gasteiger partial charge in [0.05, 0.1) is 10.7 Å². The number of hydrogen-bond donors (Lipinski definition) is 0. The van der Waals surface area contributed by atoms with Gasteiger partial charge in [0.2, 0.25) is 0 Å². The minimum atomic E-state index is -0.264. The summed E-state index contributed by atoms with van der Waals surface area (Å²) in [5.74, 6) is -2.12. The molecule has 0 spiro atoms. The Morgan fingerprint density at radius 2 is 0.368 bits per heavy atom. The van der Waals surface area contributed by atoms with E-state index in [2.05, 4.69) is 0 Å². The third-order valence-electron chi connectivity index (χ3n) is 9.52. The van der Waals surface area contributed by atoms with Crippen LogP contribution in [-0.2, 0) is 0 Å². The van der Waals surface area contributed by atoms with Gasteiger partial charge in [-0.25, -0.2) is 0 Å². The third kappa shape index (κ3) is 27.8. The number of benzene rings is 8. The van der Waals surface area contributed by atoms with Gasteiger partial charge in [-0.05, 0) is 46.6 Å². The number of allylic oxidation sites excluding steroid dienone is 4. The van der Waals surface area contributed by atoms with Gasteiger partial charge in [0.25, 0.3) is 0 Å². The van der Waals surface area contributed by atoms with E-state index in [1.54, 1.807) is 194 Å². The Balaban J connectivity index is 0.000000485. The molecule has 0 atom stereocenters. The first kappa shape index (κ1) is 68.9. The van der Waals surface area contributed by atoms with Crippen molar-refractivity contribution in [2.45, 2.75) is 0 Å². The van der Waals surface area contributed by atoms with E-state index in [1.165, 1.54) is 0 Å². The smallest absolute Gasteiger partial charge is 0.872 e. The summed E-state index contributed by atoms with van der Waals surface area (Å²) < 4.78 is 0. The molecule has 8 rings (SSSR count). The van der Waals surface area contributed by atoms with E-state index < -0.39 is 0 Å². The van der Waals surface area contributed by atoms with E-state index >= 15 is 0 Å². The Labute approximate surface area is 545 Å². The number of carbonyl (C=O) groups is 4. The summed E-state index contributed by atoms with van der Waals surface area (Å²) in [7, 11) is 0. The maximum Gasteiger partial charge on any atom is 3.00 e. The molecule has 0 aliphatic carbocycles. The van der Waals surface area contributed by atoms with Gasteiger partial charge in [-0.2, -0.15) is 0 Å². The summed E-state index contributed by atoms with van der Waals surface area (Å²) in [4.78, 5) is 47.0. The van der Waals surface area contributed by atoms with Crippen LogP contribution < -0.4 is 71.8 Å². The van der Waals surface area contributed by atoms with Crippen LogP contribution in [0.1, 0.15) is 63.7 Å². The van der Waals surface area contributed by atoms with Gasteiger partial charge in [-0.15, -0.1) is 46.4 Å². The molecule has 0 amide bonds. The summed E-state index contributed by atoms with van der Waals surface area (Å²) >= 11 is 19.1. The van der Waals surface area contributed by atoms with E-state index in [-0.39, 0.29) is 155 Å². The number of halogens is 4. The van der Waals surface area contributed by atoms with Crippen LogP contribution >= 0.6 is 46.4 Å². The Morgan fingerprint density at radius 1 is 0.263 bits per heavy atom. The zero-order chi connectivity index (χ0) is 53.8. The van der Waals surface area contributed by atoms with Gasteiger partial charge in [-0.1, -0.05) is 266 Å². The predicted octanol–water partition coefficient (Wildman–Crippen LogP) is 8.93. The molecule has 0 aliphatic rings. The average molecular weight is 1280 g/mol. The molecule has 0 aromatic heterocycles. The van der Waals surface area contributed by atoms with Crippen LogP contribution in [0.15, 0.2) is 267 Å². The van der Waals surface area contributed by atoms with Crippen molar-refractivity contribution >= 4 is 92.6 Å². The standard InChI is InChI=1S/4C15H12O2.2CH2Cl2.K.Yb/c4*16-14(12-7-3-1-4-8-12)11-15(17)13-9-5-2-6-10-13;2*2-1-3;;/h4*1-11,16H;2*1H2;;/q;;;;;;+1;+3/p-4/b4*14-11-;;;;. The molecule has 0 saturated heterocycles. The molecule has 0 bridgehead atoms. The van der Waals surface area contributed by atoms with Crippen molar-refractivity contribution in [3.63, 3.8) is 0 Å². The maximum absolute atomic E-state index is 11.8. The minimum Gasteiger partial charge on any atom is -0.872 e. The van der Waals surface area contributed by atoms with Gasteiger partial charge in [0.1, 0.15) is 0 Å². The van der Waals surface area contributed by atoms with Crippen molar-refractivity contribution in [1.82, 2.24) is 0 Å². The fourth-order valence-corrected chi connectivity index (χ4v) is 5.96. The van der Waals surface area contributed by atoms with E-state index in [0.29, 0.717) is 44.5 Å². The van der Waals surface area contributed by atoms with Crippen LogP contribution in [0.3, 0.4) is 0 Å². The molecule has 8 aromatic carbocycles. The molecular weight excluding hydrogens is 1230 g/mol. The first-order valence-corrected chi connectivity index (χ1v) is 24.4. The van der Waals surface area contributed by atoms with Crippen LogP contribution in [0.25, 0.3) is 23.0 Å². The molecule has 0 heterocycles. The zero-order valence-corrected chi connectivity index (χ0v) is 48.7. The van der Waals surface area contributed by atoms with E-state index in [1.807, 2.05) is 48.5 Å². The largest absolute Gasteiger partial charge is 3.00 e. The fourth-order valence-electron chi connectivity index (χ4n) is 5.96. The normalized spacial score (nSPS) is 10.5. The van der Waals surface area contributed by atoms with Crippen molar-refractivity contribution in [1.29, 1.82) is 0 Å². The molecule has 8 aromatic rings. The third-order valence-corrected chi connectivity index (χ3v) is 9.52. The van der Waals surface area contributed by atoms with Crippen molar-refractivity contribution in [3.8, 4) is 0 Å². The van der Waals surface area contributed by atoms with Crippen molar-refractivity contribution in [3.05, 3.63) is 311 Å². The number of hydrogen-bond acceptors (Lipinski definition) is 8. The Hall–Kier alpha value is -5.08. The molecule has 387 valence electrons. The molecule has 14 heteroatoms. The summed E-state index contributed by atoms with van der Waals surface area (Å²) in [6.45, 7) is 0. The number of rotatable bonds is 12. The fraction of sp³-hybridized carbons (Fsp3) is 0.0323. The maximum atomic E-state index is 11.8. The van der Waals surface area contributed by atoms with Gasteiger partial charge in [0, 0.05) is 22.3 Å². The van der Waals surface area contributed by atoms with Crippen LogP contribution in [0.4, 0.5) is 0 Å². The second-order valence-electron chi connectivity index (χ2n) is 14.6. The second-order valence-corrected chi connectivity index (χ2v) is 16.2. The Bertz CT molecular complexity index is 2590. The van der Waals surface area contributed by atoms with Crippen molar-refractivity contribution < 1.29 is 138 Å². The molecule has 0 fully saturated rings. The Morgan fingerprint density at radius 3 is 0.487 bits per heavy atom. The first-order valence-electron chi connectivity index (χ1n) is 22.3. The van der Waals surface area contributed by atoms with E-state index in [0.717, 1.165) is 24.3 Å². The number of ketones is 4. The zero-order valence-electron chi connectivity index (χ0n) is 40.9. The topological polar surface area (TPSA) is 161 Å². The van der Waals surface area contributed by atoms with Gasteiger partial charge in [0.15, 0.2) is 23.1 Å². The molecule has 1 radical (unpaired) electrons. The molecule has 0 N–H and O–H groups in total. The molecule has 0 aliphatic heterocycles. The van der Waals surface area contributed by atoms with Crippen LogP contribution in [0.5, 0.6) is 0 Å². The second kappa shape index (κ2) is 42.0. The number of carbonyl (C=O) groups excluding carboxylic acids is 4. The summed E-state index contributed by atoms with van der Waals surface area (Å²) in [5.41, 5.74) is 4.20. The average Bonchev–Trinajstić information content (AvgIpc) is 3.45. The predicted molar refractivity (Wildman–Crippen MR) is 294 cm³/mol. The molecule has 0 unspecified atom stereocenters. The van der Waals surface area contributed by atoms with Crippen LogP contribution in [0, 0.1) is 46.9 Å². The quantitative estimate of drug-likeness (QED) is 0.0386. The van der Waals surface area contributed by atoms with Gasteiger partial charge in [-0.3, -0.25) is 19.2 Å². The Kier molecular flexibility index (Phi) is 38.1. The molecule has 0 saturated carbocycles. The van der Waals surface area contributed by atoms with E-state index in [4.69, 9.17) is 46.4 Å². The molecule has 76 heavy (non-hydrogen) atoms. The molecular formula is C62H48Cl4KO8Yb. The SMILES string of the molecule is ClCCl.ClCCl.O=C(/C=C(\[O-])c1ccccc1)c1ccccc1.O=C(/C=C(\[O-])c1ccccc1)c1ccccc1.O=C(/C=C(\[O-])c1ccccc1)c1ccccc1.O=C(/C=C(\[O-])c1ccccc1)c1ccccc1.[K+].[Yb+3]. The first-order chi connectivity index (χ1) is 35.9. The van der Waals surface area contributed by atoms with Gasteiger partial charge >= 0.3 is 98.3 Å². The monoisotopic (exact) mass is 1270 g/mol. The summed E-state index contributed by atoms with van der Waals surface area (Å²) in [5, 5.41) is 47.4. The van der Waals surface area contributed by atoms with Gasteiger partial charge < -0.3 is 20.4 Å². The van der Waals surface area contributed by atoms with Crippen molar-refractivity contribution in [2.24, 2.45) is 0 Å². The number of alkyl halides is 4. The molecule has 8 nitrogen and oxygen atoms in total. The van der Waals surface area contributed by atoms with E-state index in [9.17, 15) is 39.6 Å². The summed E-state index contributed by atoms with van der Waals surface area (Å²) in [6, 6.07) is 70.0. The minimum absolute atomic E-state index is 0. The summed E-state index contributed by atoms with van der Waals surface area (Å²) in [6.07, 6.45) is 4.52. The van der Waals surface area contributed by atoms with Crippen LogP contribution in [-0.4, -0.2) is 33.8 Å². The van der Waals surface area contributed by atoms with Crippen LogP contribution in [0.2, 0.25) is 0 Å².